The summed E-state index contributed by atoms with van der Waals surface area (Å²) in [6.45, 7) is 0. The van der Waals surface area contributed by atoms with Gasteiger partial charge in [0.25, 0.3) is 0 Å². The molecule has 0 bridgehead atoms. The third-order valence-corrected chi connectivity index (χ3v) is 2.49. The number of hydrogen-bond donors (Lipinski definition) is 0. The van der Waals surface area contributed by atoms with Crippen LogP contribution in [0.2, 0.25) is 0 Å². The lowest BCUT2D eigenvalue weighted by molar-refractivity contribution is -0.569. The summed E-state index contributed by atoms with van der Waals surface area (Å²) in [5.74, 6) is 0. The zero-order valence-electron chi connectivity index (χ0n) is 8.62. The van der Waals surface area contributed by atoms with Crippen molar-refractivity contribution >= 4 is 11.0 Å². The Bertz CT molecular complexity index is 615. The molecule has 0 aliphatic carbocycles. The first-order valence-electron chi connectivity index (χ1n) is 5.11. The van der Waals surface area contributed by atoms with Crippen LogP contribution in [0.25, 0.3) is 16.7 Å². The first kappa shape index (κ1) is 8.97. The van der Waals surface area contributed by atoms with E-state index in [9.17, 15) is 0 Å². The van der Waals surface area contributed by atoms with Crippen LogP contribution in [0.5, 0.6) is 0 Å². The molecule has 3 aromatic rings. The van der Waals surface area contributed by atoms with Crippen LogP contribution in [0.1, 0.15) is 0 Å². The van der Waals surface area contributed by atoms with Crippen molar-refractivity contribution in [2.24, 2.45) is 0 Å². The Labute approximate surface area is 93.0 Å². The lowest BCUT2D eigenvalue weighted by Crippen LogP contribution is -2.31. The van der Waals surface area contributed by atoms with E-state index in [0.29, 0.717) is 0 Å². The zero-order chi connectivity index (χ0) is 10.8. The number of para-hydroxylation sites is 1. The van der Waals surface area contributed by atoms with Crippen LogP contribution in [0.3, 0.4) is 0 Å². The Morgan fingerprint density at radius 3 is 2.69 bits per heavy atom. The summed E-state index contributed by atoms with van der Waals surface area (Å²) in [7, 11) is 0. The first-order valence-corrected chi connectivity index (χ1v) is 5.11. The third-order valence-electron chi connectivity index (χ3n) is 2.49. The van der Waals surface area contributed by atoms with E-state index in [1.54, 1.807) is 6.33 Å². The van der Waals surface area contributed by atoms with Gasteiger partial charge in [0.15, 0.2) is 0 Å². The molecule has 1 aromatic carbocycles. The minimum atomic E-state index is 0.920. The van der Waals surface area contributed by atoms with Crippen LogP contribution in [-0.4, -0.2) is 9.97 Å². The van der Waals surface area contributed by atoms with Crippen molar-refractivity contribution < 1.29 is 4.57 Å². The predicted octanol–water partition coefficient (Wildman–Crippen LogP) is 1.91. The first-order chi connectivity index (χ1) is 7.95. The molecule has 16 heavy (non-hydrogen) atoms. The second kappa shape index (κ2) is 3.70. The van der Waals surface area contributed by atoms with Crippen molar-refractivity contribution in [3.05, 3.63) is 61.2 Å². The van der Waals surface area contributed by atoms with Crippen LogP contribution in [0, 0.1) is 0 Å². The van der Waals surface area contributed by atoms with Crippen molar-refractivity contribution in [2.45, 2.75) is 0 Å². The molecule has 0 amide bonds. The van der Waals surface area contributed by atoms with Crippen LogP contribution in [0.4, 0.5) is 0 Å². The van der Waals surface area contributed by atoms with Gasteiger partial charge < -0.3 is 0 Å². The number of nitrogens with zero attached hydrogens (tertiary/aromatic N) is 3. The molecule has 2 aromatic heterocycles. The minimum absolute atomic E-state index is 0.920. The molecule has 0 atom stereocenters. The molecular weight excluding hydrogens is 198 g/mol. The summed E-state index contributed by atoms with van der Waals surface area (Å²) in [5, 5.41) is 1.04. The molecule has 0 N–H and O–H groups in total. The normalized spacial score (nSPS) is 10.5. The van der Waals surface area contributed by atoms with Gasteiger partial charge in [0.2, 0.25) is 6.33 Å². The molecule has 0 spiro atoms. The predicted molar refractivity (Wildman–Crippen MR) is 61.1 cm³/mol. The van der Waals surface area contributed by atoms with Gasteiger partial charge in [-0.15, -0.1) is 0 Å². The van der Waals surface area contributed by atoms with Crippen molar-refractivity contribution in [3.8, 4) is 5.69 Å². The molecule has 3 rings (SSSR count). The number of pyridine rings is 1. The summed E-state index contributed by atoms with van der Waals surface area (Å²) in [5.41, 5.74) is 2.02. The van der Waals surface area contributed by atoms with E-state index < -0.39 is 0 Å². The second-order valence-corrected chi connectivity index (χ2v) is 3.52. The lowest BCUT2D eigenvalue weighted by Gasteiger charge is -2.00. The van der Waals surface area contributed by atoms with Crippen LogP contribution < -0.4 is 4.57 Å². The van der Waals surface area contributed by atoms with Gasteiger partial charge in [-0.3, -0.25) is 0 Å². The molecule has 3 nitrogen and oxygen atoms in total. The van der Waals surface area contributed by atoms with Crippen LogP contribution in [-0.2, 0) is 0 Å². The van der Waals surface area contributed by atoms with E-state index in [4.69, 9.17) is 0 Å². The van der Waals surface area contributed by atoms with E-state index in [1.807, 2.05) is 42.7 Å². The molecule has 0 unspecified atom stereocenters. The quantitative estimate of drug-likeness (QED) is 0.572. The largest absolute Gasteiger partial charge is 0.338 e. The molecule has 0 aliphatic heterocycles. The topological polar surface area (TPSA) is 29.7 Å². The molecule has 0 saturated carbocycles. The molecule has 0 saturated heterocycles. The highest BCUT2D eigenvalue weighted by atomic mass is 15.0. The van der Waals surface area contributed by atoms with Crippen molar-refractivity contribution in [1.29, 1.82) is 0 Å². The van der Waals surface area contributed by atoms with Crippen molar-refractivity contribution in [2.75, 3.05) is 0 Å². The average Bonchev–Trinajstić information content (AvgIpc) is 2.39. The van der Waals surface area contributed by atoms with Gasteiger partial charge in [0.05, 0.1) is 11.6 Å². The van der Waals surface area contributed by atoms with Crippen LogP contribution >= 0.6 is 0 Å². The van der Waals surface area contributed by atoms with Gasteiger partial charge in [0, 0.05) is 6.20 Å². The number of hydrogen-bond acceptors (Lipinski definition) is 2. The fraction of sp³-hybridized carbons (Fsp3) is 0. The summed E-state index contributed by atoms with van der Waals surface area (Å²) in [4.78, 5) is 8.33. The number of benzene rings is 1. The summed E-state index contributed by atoms with van der Waals surface area (Å²) in [6.07, 6.45) is 5.40. The molecule has 3 heteroatoms. The maximum absolute atomic E-state index is 4.31. The zero-order valence-corrected chi connectivity index (χ0v) is 8.62. The molecule has 0 radical (unpaired) electrons. The minimum Gasteiger partial charge on any atom is -0.220 e. The smallest absolute Gasteiger partial charge is 0.220 e. The highest BCUT2D eigenvalue weighted by Crippen LogP contribution is 2.06. The maximum Gasteiger partial charge on any atom is 0.338 e. The molecule has 2 heterocycles. The Hall–Kier alpha value is -2.29. The summed E-state index contributed by atoms with van der Waals surface area (Å²) >= 11 is 0. The van der Waals surface area contributed by atoms with Gasteiger partial charge in [-0.2, -0.15) is 4.57 Å². The van der Waals surface area contributed by atoms with Crippen molar-refractivity contribution in [1.82, 2.24) is 9.97 Å². The van der Waals surface area contributed by atoms with E-state index in [2.05, 4.69) is 26.7 Å². The van der Waals surface area contributed by atoms with E-state index in [-0.39, 0.29) is 0 Å². The second-order valence-electron chi connectivity index (χ2n) is 3.52. The van der Waals surface area contributed by atoms with E-state index >= 15 is 0 Å². The summed E-state index contributed by atoms with van der Waals surface area (Å²) in [6, 6.07) is 14.2. The van der Waals surface area contributed by atoms with Gasteiger partial charge in [-0.1, -0.05) is 18.2 Å². The van der Waals surface area contributed by atoms with E-state index in [0.717, 1.165) is 16.7 Å². The maximum atomic E-state index is 4.31. The molecular formula is C13H10N3+. The molecule has 0 aliphatic rings. The van der Waals surface area contributed by atoms with Gasteiger partial charge in [0.1, 0.15) is 5.69 Å². The SMILES string of the molecule is c1ccc(-[n+]2cccc3cncnc32)cc1. The van der Waals surface area contributed by atoms with Gasteiger partial charge in [-0.05, 0) is 29.2 Å². The lowest BCUT2D eigenvalue weighted by atomic mass is 10.3. The number of rotatable bonds is 1. The fourth-order valence-corrected chi connectivity index (χ4v) is 1.75. The third kappa shape index (κ3) is 1.42. The van der Waals surface area contributed by atoms with Crippen molar-refractivity contribution in [3.63, 3.8) is 0 Å². The Morgan fingerprint density at radius 2 is 1.81 bits per heavy atom. The van der Waals surface area contributed by atoms with E-state index in [1.165, 1.54) is 0 Å². The highest BCUT2D eigenvalue weighted by Gasteiger charge is 2.09. The average molecular weight is 208 g/mol. The monoisotopic (exact) mass is 208 g/mol. The Balaban J connectivity index is 2.32. The summed E-state index contributed by atoms with van der Waals surface area (Å²) < 4.78 is 2.05. The molecule has 76 valence electrons. The highest BCUT2D eigenvalue weighted by molar-refractivity contribution is 5.70. The Kier molecular flexibility index (Phi) is 2.07. The van der Waals surface area contributed by atoms with Gasteiger partial charge >= 0.3 is 5.65 Å². The Morgan fingerprint density at radius 1 is 0.938 bits per heavy atom. The molecule has 0 fully saturated rings. The van der Waals surface area contributed by atoms with Gasteiger partial charge in [-0.25, -0.2) is 4.98 Å². The fourth-order valence-electron chi connectivity index (χ4n) is 1.75. The number of fused-ring (bicyclic) bond motifs is 1. The van der Waals surface area contributed by atoms with Crippen LogP contribution in [0.15, 0.2) is 61.2 Å². The standard InChI is InChI=1S/C13H10N3/c1-2-6-12(7-3-1)16-8-4-5-11-9-14-10-15-13(11)16/h1-10H/q+1. The number of aromatic nitrogens is 3.